The van der Waals surface area contributed by atoms with Gasteiger partial charge in [0.05, 0.1) is 17.0 Å². The first kappa shape index (κ1) is 14.3. The van der Waals surface area contributed by atoms with Gasteiger partial charge in [-0.2, -0.15) is 18.4 Å². The molecular weight excluding hydrogens is 369 g/mol. The molecule has 0 heterocycles. The summed E-state index contributed by atoms with van der Waals surface area (Å²) in [6.45, 7) is 0. The van der Waals surface area contributed by atoms with Gasteiger partial charge >= 0.3 is 6.18 Å². The topological polar surface area (TPSA) is 40.9 Å². The van der Waals surface area contributed by atoms with Crippen LogP contribution in [0.15, 0.2) is 12.1 Å². The van der Waals surface area contributed by atoms with Crippen molar-refractivity contribution in [2.45, 2.75) is 6.18 Å². The Hall–Kier alpha value is -0.810. The summed E-state index contributed by atoms with van der Waals surface area (Å²) >= 11 is 6.70. The third kappa shape index (κ3) is 3.10. The SMILES string of the molecule is N#Cc1cc(C(=O)CCl)cc(C(F)(F)F)c1I. The number of rotatable bonds is 2. The minimum Gasteiger partial charge on any atom is -0.293 e. The standard InChI is InChI=1S/C10H4ClF3INO/c11-3-8(17)5-1-6(4-16)9(15)7(2-5)10(12,13)14/h1-2H,3H2. The van der Waals surface area contributed by atoms with Gasteiger partial charge in [0.1, 0.15) is 6.07 Å². The van der Waals surface area contributed by atoms with E-state index in [1.807, 2.05) is 0 Å². The molecule has 0 bridgehead atoms. The maximum absolute atomic E-state index is 12.7. The third-order valence-corrected chi connectivity index (χ3v) is 3.35. The molecule has 0 saturated carbocycles. The van der Waals surface area contributed by atoms with Gasteiger partial charge in [-0.15, -0.1) is 11.6 Å². The Kier molecular flexibility index (Phi) is 4.38. The third-order valence-electron chi connectivity index (χ3n) is 1.94. The van der Waals surface area contributed by atoms with Crippen LogP contribution in [0.4, 0.5) is 13.2 Å². The van der Waals surface area contributed by atoms with Crippen LogP contribution in [-0.4, -0.2) is 11.7 Å². The van der Waals surface area contributed by atoms with Crippen LogP contribution in [0.1, 0.15) is 21.5 Å². The van der Waals surface area contributed by atoms with Crippen LogP contribution in [0.2, 0.25) is 0 Å². The number of Topliss-reactive ketones (excluding diaryl/α,β-unsaturated/α-hetero) is 1. The predicted octanol–water partition coefficient (Wildman–Crippen LogP) is 3.60. The molecule has 0 spiro atoms. The van der Waals surface area contributed by atoms with Crippen LogP contribution in [0, 0.1) is 14.9 Å². The zero-order chi connectivity index (χ0) is 13.2. The van der Waals surface area contributed by atoms with Gasteiger partial charge in [-0.05, 0) is 34.7 Å². The summed E-state index contributed by atoms with van der Waals surface area (Å²) in [5.74, 6) is -1.08. The lowest BCUT2D eigenvalue weighted by Crippen LogP contribution is -2.12. The number of benzene rings is 1. The van der Waals surface area contributed by atoms with Gasteiger partial charge in [-0.25, -0.2) is 0 Å². The molecule has 0 aliphatic carbocycles. The Balaban J connectivity index is 3.51. The molecule has 1 aromatic rings. The summed E-state index contributed by atoms with van der Waals surface area (Å²) in [7, 11) is 0. The number of carbonyl (C=O) groups excluding carboxylic acids is 1. The maximum atomic E-state index is 12.7. The van der Waals surface area contributed by atoms with Crippen LogP contribution in [0.3, 0.4) is 0 Å². The van der Waals surface area contributed by atoms with Gasteiger partial charge in [0.2, 0.25) is 0 Å². The Labute approximate surface area is 114 Å². The molecule has 17 heavy (non-hydrogen) atoms. The highest BCUT2D eigenvalue weighted by Gasteiger charge is 2.34. The van der Waals surface area contributed by atoms with Crippen molar-refractivity contribution in [3.8, 4) is 6.07 Å². The molecular formula is C10H4ClF3INO. The zero-order valence-corrected chi connectivity index (χ0v) is 11.0. The largest absolute Gasteiger partial charge is 0.417 e. The summed E-state index contributed by atoms with van der Waals surface area (Å²) in [6.07, 6.45) is -4.61. The van der Waals surface area contributed by atoms with Crippen molar-refractivity contribution < 1.29 is 18.0 Å². The maximum Gasteiger partial charge on any atom is 0.417 e. The lowest BCUT2D eigenvalue weighted by atomic mass is 10.0. The second-order valence-corrected chi connectivity index (χ2v) is 4.40. The van der Waals surface area contributed by atoms with Gasteiger partial charge in [0.25, 0.3) is 0 Å². The van der Waals surface area contributed by atoms with E-state index in [4.69, 9.17) is 16.9 Å². The fourth-order valence-electron chi connectivity index (χ4n) is 1.15. The van der Waals surface area contributed by atoms with E-state index in [2.05, 4.69) is 0 Å². The van der Waals surface area contributed by atoms with Gasteiger partial charge in [0.15, 0.2) is 5.78 Å². The van der Waals surface area contributed by atoms with Gasteiger partial charge in [0, 0.05) is 9.13 Å². The number of nitriles is 1. The molecule has 0 amide bonds. The van der Waals surface area contributed by atoms with E-state index in [9.17, 15) is 18.0 Å². The Bertz CT molecular complexity index is 507. The molecule has 7 heteroatoms. The smallest absolute Gasteiger partial charge is 0.293 e. The van der Waals surface area contributed by atoms with E-state index in [1.54, 1.807) is 6.07 Å². The zero-order valence-electron chi connectivity index (χ0n) is 8.11. The molecule has 0 aromatic heterocycles. The Morgan fingerprint density at radius 3 is 2.47 bits per heavy atom. The number of halogens is 5. The quantitative estimate of drug-likeness (QED) is 0.451. The molecule has 0 aliphatic rings. The minimum absolute atomic E-state index is 0.186. The number of alkyl halides is 4. The molecule has 0 N–H and O–H groups in total. The van der Waals surface area contributed by atoms with Crippen LogP contribution < -0.4 is 0 Å². The highest BCUT2D eigenvalue weighted by Crippen LogP contribution is 2.35. The molecule has 90 valence electrons. The molecule has 0 atom stereocenters. The molecule has 0 fully saturated rings. The van der Waals surface area contributed by atoms with Gasteiger partial charge in [-0.3, -0.25) is 4.79 Å². The first-order valence-corrected chi connectivity index (χ1v) is 5.82. The first-order valence-electron chi connectivity index (χ1n) is 4.21. The summed E-state index contributed by atoms with van der Waals surface area (Å²) < 4.78 is 37.7. The van der Waals surface area contributed by atoms with Gasteiger partial charge < -0.3 is 0 Å². The van der Waals surface area contributed by atoms with Crippen LogP contribution in [-0.2, 0) is 6.18 Å². The second kappa shape index (κ2) is 5.23. The summed E-state index contributed by atoms with van der Waals surface area (Å²) in [5, 5.41) is 8.72. The average Bonchev–Trinajstić information content (AvgIpc) is 2.26. The fraction of sp³-hybridized carbons (Fsp3) is 0.200. The molecule has 0 saturated heterocycles. The van der Waals surface area contributed by atoms with Crippen molar-refractivity contribution in [1.29, 1.82) is 5.26 Å². The highest BCUT2D eigenvalue weighted by atomic mass is 127. The van der Waals surface area contributed by atoms with E-state index in [0.717, 1.165) is 6.07 Å². The van der Waals surface area contributed by atoms with Crippen molar-refractivity contribution >= 4 is 40.0 Å². The van der Waals surface area contributed by atoms with Crippen LogP contribution in [0.5, 0.6) is 0 Å². The average molecular weight is 373 g/mol. The number of ketones is 1. The molecule has 0 unspecified atom stereocenters. The molecule has 2 nitrogen and oxygen atoms in total. The number of nitrogens with zero attached hydrogens (tertiary/aromatic N) is 1. The van der Waals surface area contributed by atoms with Crippen molar-refractivity contribution in [1.82, 2.24) is 0 Å². The molecule has 0 radical (unpaired) electrons. The van der Waals surface area contributed by atoms with E-state index >= 15 is 0 Å². The lowest BCUT2D eigenvalue weighted by Gasteiger charge is -2.11. The monoisotopic (exact) mass is 373 g/mol. The normalized spacial score (nSPS) is 11.1. The summed E-state index contributed by atoms with van der Waals surface area (Å²) in [6, 6.07) is 3.45. The second-order valence-electron chi connectivity index (χ2n) is 3.05. The predicted molar refractivity (Wildman–Crippen MR) is 63.9 cm³/mol. The number of hydrogen-bond donors (Lipinski definition) is 0. The summed E-state index contributed by atoms with van der Waals surface area (Å²) in [4.78, 5) is 11.3. The van der Waals surface area contributed by atoms with Crippen LogP contribution in [0.25, 0.3) is 0 Å². The van der Waals surface area contributed by atoms with Crippen molar-refractivity contribution in [3.05, 3.63) is 32.4 Å². The molecule has 1 aromatic carbocycles. The van der Waals surface area contributed by atoms with Crippen molar-refractivity contribution in [2.75, 3.05) is 5.88 Å². The highest BCUT2D eigenvalue weighted by molar-refractivity contribution is 14.1. The first-order chi connectivity index (χ1) is 7.81. The lowest BCUT2D eigenvalue weighted by molar-refractivity contribution is -0.138. The molecule has 1 rings (SSSR count). The molecule has 0 aliphatic heterocycles. The number of hydrogen-bond acceptors (Lipinski definition) is 2. The fourth-order valence-corrected chi connectivity index (χ4v) is 2.04. The Morgan fingerprint density at radius 2 is 2.06 bits per heavy atom. The Morgan fingerprint density at radius 1 is 1.47 bits per heavy atom. The van der Waals surface area contributed by atoms with Crippen molar-refractivity contribution in [2.24, 2.45) is 0 Å². The van der Waals surface area contributed by atoms with E-state index < -0.39 is 23.4 Å². The van der Waals surface area contributed by atoms with E-state index in [-0.39, 0.29) is 14.7 Å². The summed E-state index contributed by atoms with van der Waals surface area (Å²) in [5.41, 5.74) is -1.39. The van der Waals surface area contributed by atoms with Gasteiger partial charge in [-0.1, -0.05) is 0 Å². The minimum atomic E-state index is -4.61. The van der Waals surface area contributed by atoms with E-state index in [0.29, 0.717) is 6.07 Å². The van der Waals surface area contributed by atoms with E-state index in [1.165, 1.54) is 22.6 Å². The van der Waals surface area contributed by atoms with Crippen molar-refractivity contribution in [3.63, 3.8) is 0 Å². The van der Waals surface area contributed by atoms with Crippen LogP contribution >= 0.6 is 34.2 Å². The number of carbonyl (C=O) groups is 1.